The molecule has 1 spiro atoms. The molecular weight excluding hydrogens is 476 g/mol. The van der Waals surface area contributed by atoms with Gasteiger partial charge in [-0.05, 0) is 55.9 Å². The van der Waals surface area contributed by atoms with E-state index in [9.17, 15) is 24.3 Å². The Kier molecular flexibility index (Phi) is 6.59. The van der Waals surface area contributed by atoms with Gasteiger partial charge in [-0.3, -0.25) is 14.4 Å². The molecule has 0 aromatic heterocycles. The number of fused-ring (bicyclic) bond motifs is 3. The van der Waals surface area contributed by atoms with E-state index >= 15 is 0 Å². The van der Waals surface area contributed by atoms with Crippen molar-refractivity contribution in [2.75, 3.05) is 6.61 Å². The molecule has 8 atom stereocenters. The van der Waals surface area contributed by atoms with Gasteiger partial charge in [0.15, 0.2) is 23.6 Å². The fourth-order valence-corrected chi connectivity index (χ4v) is 7.39. The van der Waals surface area contributed by atoms with Gasteiger partial charge in [0, 0.05) is 30.9 Å². The van der Waals surface area contributed by atoms with Gasteiger partial charge in [0.1, 0.15) is 6.61 Å². The number of aliphatic hydroxyl groups is 1. The molecule has 1 N–H and O–H groups in total. The van der Waals surface area contributed by atoms with Gasteiger partial charge >= 0.3 is 17.9 Å². The summed E-state index contributed by atoms with van der Waals surface area (Å²) < 4.78 is 17.0. The van der Waals surface area contributed by atoms with Crippen LogP contribution in [-0.2, 0) is 33.4 Å². The molecule has 0 heterocycles. The first-order chi connectivity index (χ1) is 17.1. The molecule has 0 aromatic rings. The lowest BCUT2D eigenvalue weighted by molar-refractivity contribution is -0.211. The first-order valence-electron chi connectivity index (χ1n) is 13.0. The fraction of sp³-hybridized carbons (Fsp3) is 0.655. The molecule has 0 aliphatic heterocycles. The summed E-state index contributed by atoms with van der Waals surface area (Å²) in [5.41, 5.74) is -2.54. The van der Waals surface area contributed by atoms with E-state index in [0.717, 1.165) is 0 Å². The molecule has 0 unspecified atom stereocenters. The highest BCUT2D eigenvalue weighted by atomic mass is 16.6. The Morgan fingerprint density at radius 3 is 2.32 bits per heavy atom. The van der Waals surface area contributed by atoms with Crippen molar-refractivity contribution in [2.24, 2.45) is 34.5 Å². The number of hydrogen-bond acceptors (Lipinski definition) is 8. The molecule has 2 bridgehead atoms. The molecule has 4 aliphatic carbocycles. The van der Waals surface area contributed by atoms with Crippen LogP contribution in [0.5, 0.6) is 0 Å². The van der Waals surface area contributed by atoms with Gasteiger partial charge in [0.05, 0.1) is 5.41 Å². The average molecular weight is 515 g/mol. The summed E-state index contributed by atoms with van der Waals surface area (Å²) >= 11 is 0. The van der Waals surface area contributed by atoms with Gasteiger partial charge < -0.3 is 19.3 Å². The van der Waals surface area contributed by atoms with Crippen molar-refractivity contribution in [3.05, 3.63) is 34.9 Å². The van der Waals surface area contributed by atoms with Crippen LogP contribution in [0.25, 0.3) is 0 Å². The molecule has 0 saturated heterocycles. The summed E-state index contributed by atoms with van der Waals surface area (Å²) in [6.45, 7) is 13.4. The number of hydrogen-bond donors (Lipinski definition) is 1. The zero-order chi connectivity index (χ0) is 27.7. The second-order valence-corrected chi connectivity index (χ2v) is 11.8. The number of ketones is 1. The lowest BCUT2D eigenvalue weighted by Gasteiger charge is -2.49. The topological polar surface area (TPSA) is 116 Å². The molecule has 2 fully saturated rings. The molecular formula is C29H38O8. The minimum atomic E-state index is -2.13. The largest absolute Gasteiger partial charge is 0.461 e. The molecule has 4 rings (SSSR count). The van der Waals surface area contributed by atoms with Crippen molar-refractivity contribution in [1.82, 2.24) is 0 Å². The summed E-state index contributed by atoms with van der Waals surface area (Å²) in [6, 6.07) is 0. The summed E-state index contributed by atoms with van der Waals surface area (Å²) in [7, 11) is 0. The summed E-state index contributed by atoms with van der Waals surface area (Å²) in [5, 5.41) is 12.8. The van der Waals surface area contributed by atoms with Crippen LogP contribution in [0.1, 0.15) is 61.8 Å². The summed E-state index contributed by atoms with van der Waals surface area (Å²) in [6.07, 6.45) is 3.13. The molecule has 8 nitrogen and oxygen atoms in total. The van der Waals surface area contributed by atoms with Gasteiger partial charge in [-0.2, -0.15) is 0 Å². The predicted octanol–water partition coefficient (Wildman–Crippen LogP) is 3.47. The lowest BCUT2D eigenvalue weighted by atomic mass is 9.59. The first-order valence-corrected chi connectivity index (χ1v) is 13.0. The smallest absolute Gasteiger partial charge is 0.334 e. The number of ether oxygens (including phenoxy) is 3. The van der Waals surface area contributed by atoms with Crippen LogP contribution in [0.4, 0.5) is 0 Å². The third-order valence-corrected chi connectivity index (χ3v) is 9.39. The number of rotatable bonds is 5. The van der Waals surface area contributed by atoms with E-state index in [2.05, 4.69) is 13.8 Å². The van der Waals surface area contributed by atoms with Crippen LogP contribution < -0.4 is 0 Å². The van der Waals surface area contributed by atoms with Crippen LogP contribution in [0, 0.1) is 34.5 Å². The van der Waals surface area contributed by atoms with Crippen LogP contribution in [0.3, 0.4) is 0 Å². The molecule has 0 aromatic carbocycles. The monoisotopic (exact) mass is 514 g/mol. The van der Waals surface area contributed by atoms with E-state index in [-0.39, 0.29) is 35.6 Å². The maximum absolute atomic E-state index is 14.6. The van der Waals surface area contributed by atoms with Gasteiger partial charge in [0.2, 0.25) is 0 Å². The third-order valence-electron chi connectivity index (χ3n) is 9.39. The normalized spacial score (nSPS) is 39.7. The number of allylic oxidation sites excluding steroid dienone is 2. The van der Waals surface area contributed by atoms with E-state index < -0.39 is 47.0 Å². The Bertz CT molecular complexity index is 1140. The van der Waals surface area contributed by atoms with Crippen molar-refractivity contribution in [2.45, 2.75) is 79.6 Å². The quantitative estimate of drug-likeness (QED) is 0.257. The zero-order valence-electron chi connectivity index (χ0n) is 22.9. The van der Waals surface area contributed by atoms with E-state index in [1.54, 1.807) is 39.0 Å². The van der Waals surface area contributed by atoms with E-state index in [0.29, 0.717) is 23.1 Å². The van der Waals surface area contributed by atoms with Crippen molar-refractivity contribution < 1.29 is 38.5 Å². The molecule has 2 saturated carbocycles. The molecule has 8 heteroatoms. The molecule has 4 aliphatic rings. The highest BCUT2D eigenvalue weighted by molar-refractivity contribution is 5.96. The third kappa shape index (κ3) is 3.82. The van der Waals surface area contributed by atoms with Gasteiger partial charge in [0.25, 0.3) is 0 Å². The average Bonchev–Trinajstić information content (AvgIpc) is 3.30. The maximum atomic E-state index is 14.6. The molecule has 0 amide bonds. The van der Waals surface area contributed by atoms with Gasteiger partial charge in [-0.1, -0.05) is 39.0 Å². The highest BCUT2D eigenvalue weighted by Crippen LogP contribution is 2.72. The summed E-state index contributed by atoms with van der Waals surface area (Å²) in [4.78, 5) is 51.8. The van der Waals surface area contributed by atoms with E-state index in [1.807, 2.05) is 6.92 Å². The Morgan fingerprint density at radius 2 is 1.76 bits per heavy atom. The van der Waals surface area contributed by atoms with Crippen LogP contribution in [0.15, 0.2) is 34.9 Å². The number of carbonyl (C=O) groups is 4. The van der Waals surface area contributed by atoms with Crippen molar-refractivity contribution in [1.29, 1.82) is 0 Å². The number of Topliss-reactive ketones (excluding diaryl/α,β-unsaturated/α-hetero) is 1. The van der Waals surface area contributed by atoms with E-state index in [1.165, 1.54) is 13.8 Å². The van der Waals surface area contributed by atoms with Gasteiger partial charge in [-0.25, -0.2) is 4.79 Å². The molecule has 0 radical (unpaired) electrons. The Morgan fingerprint density at radius 1 is 1.11 bits per heavy atom. The number of carbonyl (C=O) groups excluding carboxylic acids is 4. The zero-order valence-corrected chi connectivity index (χ0v) is 22.9. The van der Waals surface area contributed by atoms with Crippen LogP contribution in [0.2, 0.25) is 0 Å². The maximum Gasteiger partial charge on any atom is 0.334 e. The standard InChI is InChI=1S/C29H38O8/c1-9-14(2)26(33)37-24-15(3)12-28-16(4)10-21-22(27(21,7)8)20(23(28)32)11-19(13-35-17(5)30)25(29(24,28)34)36-18(6)31/h9,11-12,16,20-22,24-25,34H,10,13H2,1-8H3/b14-9-/t16-,20+,21-,22+,24+,25-,28-,29-/m1/s1. The second-order valence-electron chi connectivity index (χ2n) is 11.8. The summed E-state index contributed by atoms with van der Waals surface area (Å²) in [5.74, 6) is -2.71. The van der Waals surface area contributed by atoms with Gasteiger partial charge in [-0.15, -0.1) is 0 Å². The van der Waals surface area contributed by atoms with E-state index in [4.69, 9.17) is 14.2 Å². The Hall–Kier alpha value is -2.74. The molecule has 202 valence electrons. The Labute approximate surface area is 218 Å². The lowest BCUT2D eigenvalue weighted by Crippen LogP contribution is -2.66. The van der Waals surface area contributed by atoms with Crippen molar-refractivity contribution in [3.63, 3.8) is 0 Å². The fourth-order valence-electron chi connectivity index (χ4n) is 7.39. The molecule has 37 heavy (non-hydrogen) atoms. The minimum Gasteiger partial charge on any atom is -0.461 e. The minimum absolute atomic E-state index is 0.0232. The first kappa shape index (κ1) is 27.3. The van der Waals surface area contributed by atoms with Crippen LogP contribution >= 0.6 is 0 Å². The van der Waals surface area contributed by atoms with Crippen molar-refractivity contribution >= 4 is 23.7 Å². The number of esters is 3. The SMILES string of the molecule is C/C=C(/C)C(=O)O[C@H]1C(C)=C[C@@]23C(=O)[C@@H](C=C(COC(C)=O)[C@@H](OC(C)=O)[C@]12O)[C@H]1[C@@H](C[C@H]3C)C1(C)C. The highest BCUT2D eigenvalue weighted by Gasteiger charge is 2.77. The second kappa shape index (κ2) is 8.93. The predicted molar refractivity (Wildman–Crippen MR) is 134 cm³/mol. The van der Waals surface area contributed by atoms with Crippen molar-refractivity contribution in [3.8, 4) is 0 Å². The Balaban J connectivity index is 1.98. The van der Waals surface area contributed by atoms with Crippen LogP contribution in [-0.4, -0.2) is 53.2 Å².